The Hall–Kier alpha value is -2.11. The molecule has 6 heteroatoms. The van der Waals surface area contributed by atoms with E-state index < -0.39 is 5.60 Å². The molecule has 1 aromatic rings. The van der Waals surface area contributed by atoms with Crippen LogP contribution in [0.5, 0.6) is 0 Å². The summed E-state index contributed by atoms with van der Waals surface area (Å²) in [5.41, 5.74) is 3.71. The quantitative estimate of drug-likeness (QED) is 0.621. The van der Waals surface area contributed by atoms with Crippen LogP contribution in [0.3, 0.4) is 0 Å². The van der Waals surface area contributed by atoms with Crippen LogP contribution in [0.1, 0.15) is 43.2 Å². The molecule has 126 valence electrons. The van der Waals surface area contributed by atoms with Crippen molar-refractivity contribution in [2.24, 2.45) is 4.99 Å². The van der Waals surface area contributed by atoms with Gasteiger partial charge in [-0.25, -0.2) is 14.8 Å². The van der Waals surface area contributed by atoms with Gasteiger partial charge < -0.3 is 9.64 Å². The number of pyridine rings is 1. The lowest BCUT2D eigenvalue weighted by Crippen LogP contribution is -2.33. The minimum Gasteiger partial charge on any atom is -0.444 e. The smallest absolute Gasteiger partial charge is 0.410 e. The molecule has 1 amide bonds. The average molecular weight is 318 g/mol. The summed E-state index contributed by atoms with van der Waals surface area (Å²) in [7, 11) is 3.83. The zero-order chi connectivity index (χ0) is 17.4. The molecule has 0 spiro atoms. The normalized spacial score (nSPS) is 14.3. The molecule has 0 saturated heterocycles. The van der Waals surface area contributed by atoms with E-state index in [2.05, 4.69) is 9.98 Å². The number of carbonyl (C=O) groups excluding carboxylic acids is 1. The molecule has 23 heavy (non-hydrogen) atoms. The van der Waals surface area contributed by atoms with E-state index in [0.29, 0.717) is 18.9 Å². The van der Waals surface area contributed by atoms with E-state index in [4.69, 9.17) is 4.74 Å². The van der Waals surface area contributed by atoms with Crippen LogP contribution in [0.2, 0.25) is 0 Å². The molecule has 0 N–H and O–H groups in total. The maximum absolute atomic E-state index is 12.3. The summed E-state index contributed by atoms with van der Waals surface area (Å²) in [6, 6.07) is 0. The van der Waals surface area contributed by atoms with Gasteiger partial charge in [0.2, 0.25) is 0 Å². The Kier molecular flexibility index (Phi) is 4.63. The minimum atomic E-state index is -0.499. The maximum atomic E-state index is 12.3. The van der Waals surface area contributed by atoms with Crippen molar-refractivity contribution in [1.29, 1.82) is 0 Å². The molecule has 0 bridgehead atoms. The molecule has 6 nitrogen and oxygen atoms in total. The van der Waals surface area contributed by atoms with E-state index in [1.807, 2.05) is 53.6 Å². The Morgan fingerprint density at radius 2 is 1.87 bits per heavy atom. The van der Waals surface area contributed by atoms with Gasteiger partial charge in [-0.3, -0.25) is 4.90 Å². The highest BCUT2D eigenvalue weighted by Gasteiger charge is 2.31. The first kappa shape index (κ1) is 17.2. The molecule has 0 unspecified atom stereocenters. The summed E-state index contributed by atoms with van der Waals surface area (Å²) in [5.74, 6) is 0.683. The second kappa shape index (κ2) is 6.18. The van der Waals surface area contributed by atoms with E-state index in [-0.39, 0.29) is 6.09 Å². The lowest BCUT2D eigenvalue weighted by Gasteiger charge is -2.24. The van der Waals surface area contributed by atoms with Gasteiger partial charge in [-0.05, 0) is 45.7 Å². The van der Waals surface area contributed by atoms with Gasteiger partial charge in [-0.15, -0.1) is 0 Å². The van der Waals surface area contributed by atoms with Gasteiger partial charge >= 0.3 is 6.09 Å². The predicted octanol–water partition coefficient (Wildman–Crippen LogP) is 3.17. The van der Waals surface area contributed by atoms with Crippen LogP contribution >= 0.6 is 0 Å². The number of carbonyl (C=O) groups is 1. The van der Waals surface area contributed by atoms with Crippen LogP contribution in [0.4, 0.5) is 10.6 Å². The van der Waals surface area contributed by atoms with Crippen molar-refractivity contribution in [3.8, 4) is 0 Å². The van der Waals surface area contributed by atoms with E-state index >= 15 is 0 Å². The number of amides is 1. The molecule has 1 aliphatic rings. The van der Waals surface area contributed by atoms with Gasteiger partial charge in [-0.2, -0.15) is 0 Å². The Morgan fingerprint density at radius 1 is 1.26 bits per heavy atom. The third-order valence-electron chi connectivity index (χ3n) is 3.66. The maximum Gasteiger partial charge on any atom is 0.410 e. The molecule has 0 radical (unpaired) electrons. The van der Waals surface area contributed by atoms with E-state index in [1.54, 1.807) is 11.2 Å². The van der Waals surface area contributed by atoms with Crippen molar-refractivity contribution >= 4 is 18.2 Å². The highest BCUT2D eigenvalue weighted by molar-refractivity contribution is 5.71. The van der Waals surface area contributed by atoms with Crippen LogP contribution < -0.4 is 0 Å². The SMILES string of the molecule is Cc1nc(/N=C/N(C)C)c2c(c1C)CN(C(=O)OC(C)(C)C)C2. The van der Waals surface area contributed by atoms with Crippen molar-refractivity contribution in [3.63, 3.8) is 0 Å². The number of hydrogen-bond acceptors (Lipinski definition) is 4. The third-order valence-corrected chi connectivity index (χ3v) is 3.66. The fourth-order valence-electron chi connectivity index (χ4n) is 2.44. The van der Waals surface area contributed by atoms with Crippen molar-refractivity contribution in [2.75, 3.05) is 14.1 Å². The Balaban J connectivity index is 2.32. The second-order valence-corrected chi connectivity index (χ2v) is 7.15. The molecule has 0 aromatic carbocycles. The predicted molar refractivity (Wildman–Crippen MR) is 91.0 cm³/mol. The second-order valence-electron chi connectivity index (χ2n) is 7.15. The van der Waals surface area contributed by atoms with Gasteiger partial charge in [0, 0.05) is 25.4 Å². The Labute approximate surface area is 138 Å². The summed E-state index contributed by atoms with van der Waals surface area (Å²) < 4.78 is 5.48. The van der Waals surface area contributed by atoms with Crippen LogP contribution in [0.25, 0.3) is 0 Å². The molecular weight excluding hydrogens is 292 g/mol. The lowest BCUT2D eigenvalue weighted by molar-refractivity contribution is 0.0242. The minimum absolute atomic E-state index is 0.298. The Morgan fingerprint density at radius 3 is 2.43 bits per heavy atom. The summed E-state index contributed by atoms with van der Waals surface area (Å²) in [6.07, 6.45) is 1.43. The number of ether oxygens (including phenoxy) is 1. The van der Waals surface area contributed by atoms with Crippen molar-refractivity contribution in [2.45, 2.75) is 53.3 Å². The van der Waals surface area contributed by atoms with Crippen LogP contribution in [-0.2, 0) is 17.8 Å². The van der Waals surface area contributed by atoms with Gasteiger partial charge in [0.25, 0.3) is 0 Å². The molecule has 0 aliphatic carbocycles. The van der Waals surface area contributed by atoms with Gasteiger partial charge in [0.05, 0.1) is 19.4 Å². The fraction of sp³-hybridized carbons (Fsp3) is 0.588. The molecule has 2 heterocycles. The van der Waals surface area contributed by atoms with Crippen molar-refractivity contribution in [3.05, 3.63) is 22.4 Å². The van der Waals surface area contributed by atoms with E-state index in [9.17, 15) is 4.79 Å². The first-order valence-electron chi connectivity index (χ1n) is 7.76. The zero-order valence-corrected chi connectivity index (χ0v) is 15.1. The number of nitrogens with zero attached hydrogens (tertiary/aromatic N) is 4. The zero-order valence-electron chi connectivity index (χ0n) is 15.1. The first-order chi connectivity index (χ1) is 10.6. The molecular formula is C17H26N4O2. The van der Waals surface area contributed by atoms with Gasteiger partial charge in [0.1, 0.15) is 5.60 Å². The number of fused-ring (bicyclic) bond motifs is 1. The number of aliphatic imine (C=N–C) groups is 1. The van der Waals surface area contributed by atoms with Crippen LogP contribution in [-0.4, -0.2) is 46.9 Å². The molecule has 2 rings (SSSR count). The lowest BCUT2D eigenvalue weighted by atomic mass is 10.0. The summed E-state index contributed by atoms with van der Waals surface area (Å²) >= 11 is 0. The Bertz CT molecular complexity index is 645. The molecule has 0 saturated carbocycles. The summed E-state index contributed by atoms with van der Waals surface area (Å²) in [4.78, 5) is 25.0. The van der Waals surface area contributed by atoms with E-state index in [0.717, 1.165) is 22.4 Å². The highest BCUT2D eigenvalue weighted by Crippen LogP contribution is 2.34. The fourth-order valence-corrected chi connectivity index (χ4v) is 2.44. The average Bonchev–Trinajstić information content (AvgIpc) is 2.85. The van der Waals surface area contributed by atoms with Crippen molar-refractivity contribution < 1.29 is 9.53 Å². The van der Waals surface area contributed by atoms with Gasteiger partial charge in [-0.1, -0.05) is 0 Å². The molecule has 0 fully saturated rings. The molecule has 1 aromatic heterocycles. The first-order valence-corrected chi connectivity index (χ1v) is 7.76. The van der Waals surface area contributed by atoms with Crippen LogP contribution in [0, 0.1) is 13.8 Å². The number of rotatable bonds is 2. The van der Waals surface area contributed by atoms with Gasteiger partial charge in [0.15, 0.2) is 5.82 Å². The summed E-state index contributed by atoms with van der Waals surface area (Å²) in [5, 5.41) is 0. The topological polar surface area (TPSA) is 58.0 Å². The number of aromatic nitrogens is 1. The van der Waals surface area contributed by atoms with Crippen molar-refractivity contribution in [1.82, 2.24) is 14.8 Å². The monoisotopic (exact) mass is 318 g/mol. The highest BCUT2D eigenvalue weighted by atomic mass is 16.6. The van der Waals surface area contributed by atoms with Crippen LogP contribution in [0.15, 0.2) is 4.99 Å². The molecule has 1 aliphatic heterocycles. The van der Waals surface area contributed by atoms with E-state index in [1.165, 1.54) is 0 Å². The molecule has 0 atom stereocenters. The number of aryl methyl sites for hydroxylation is 1. The standard InChI is InChI=1S/C17H26N4O2/c1-11-12(2)19-15(18-10-20(6)7)14-9-21(8-13(11)14)16(22)23-17(3,4)5/h10H,8-9H2,1-7H3/b18-10+. The largest absolute Gasteiger partial charge is 0.444 e. The number of hydrogen-bond donors (Lipinski definition) is 0. The third kappa shape index (κ3) is 4.00. The summed E-state index contributed by atoms with van der Waals surface area (Å²) in [6.45, 7) is 10.7.